The number of hydrogen-bond acceptors (Lipinski definition) is 3. The highest BCUT2D eigenvalue weighted by molar-refractivity contribution is 6.41. The molecule has 0 fully saturated rings. The lowest BCUT2D eigenvalue weighted by Crippen LogP contribution is -1.94. The Balaban J connectivity index is 2.56. The van der Waals surface area contributed by atoms with Crippen LogP contribution in [0.4, 0.5) is 0 Å². The fraction of sp³-hybridized carbons (Fsp3) is 0.100. The van der Waals surface area contributed by atoms with Gasteiger partial charge in [-0.1, -0.05) is 23.2 Å². The Morgan fingerprint density at radius 2 is 1.73 bits per heavy atom. The molecule has 0 aliphatic carbocycles. The molecular formula is C10H7Cl2N3. The maximum atomic E-state index is 5.87. The minimum atomic E-state index is 0.274. The van der Waals surface area contributed by atoms with Gasteiger partial charge in [0.2, 0.25) is 0 Å². The molecule has 0 N–H and O–H groups in total. The van der Waals surface area contributed by atoms with E-state index in [1.54, 1.807) is 19.3 Å². The van der Waals surface area contributed by atoms with Crippen LogP contribution in [0, 0.1) is 6.92 Å². The van der Waals surface area contributed by atoms with Crippen molar-refractivity contribution in [3.8, 4) is 11.4 Å². The molecule has 2 heterocycles. The van der Waals surface area contributed by atoms with E-state index in [1.165, 1.54) is 0 Å². The van der Waals surface area contributed by atoms with E-state index in [9.17, 15) is 0 Å². The Bertz CT molecular complexity index is 462. The predicted octanol–water partition coefficient (Wildman–Crippen LogP) is 3.15. The van der Waals surface area contributed by atoms with Crippen LogP contribution in [0.25, 0.3) is 11.4 Å². The second-order valence-electron chi connectivity index (χ2n) is 2.97. The van der Waals surface area contributed by atoms with Crippen molar-refractivity contribution in [2.24, 2.45) is 0 Å². The van der Waals surface area contributed by atoms with Gasteiger partial charge < -0.3 is 0 Å². The van der Waals surface area contributed by atoms with Crippen molar-refractivity contribution in [3.63, 3.8) is 0 Å². The summed E-state index contributed by atoms with van der Waals surface area (Å²) in [4.78, 5) is 12.3. The van der Waals surface area contributed by atoms with Crippen molar-refractivity contribution >= 4 is 23.2 Å². The molecule has 0 aromatic carbocycles. The first-order valence-electron chi connectivity index (χ1n) is 4.28. The van der Waals surface area contributed by atoms with Crippen LogP contribution in [0.15, 0.2) is 24.5 Å². The van der Waals surface area contributed by atoms with Gasteiger partial charge in [0.15, 0.2) is 11.0 Å². The van der Waals surface area contributed by atoms with Crippen LogP contribution in [0.3, 0.4) is 0 Å². The van der Waals surface area contributed by atoms with Crippen molar-refractivity contribution in [1.29, 1.82) is 0 Å². The summed E-state index contributed by atoms with van der Waals surface area (Å²) in [6.45, 7) is 1.79. The number of rotatable bonds is 1. The molecule has 0 amide bonds. The summed E-state index contributed by atoms with van der Waals surface area (Å²) in [5, 5.41) is 0.672. The molecular weight excluding hydrogens is 233 g/mol. The zero-order chi connectivity index (χ0) is 10.8. The van der Waals surface area contributed by atoms with Gasteiger partial charge in [-0.25, -0.2) is 9.97 Å². The summed E-state index contributed by atoms with van der Waals surface area (Å²) in [6.07, 6.45) is 3.35. The smallest absolute Gasteiger partial charge is 0.161 e. The Hall–Kier alpha value is -1.19. The lowest BCUT2D eigenvalue weighted by molar-refractivity contribution is 1.11. The van der Waals surface area contributed by atoms with Crippen LogP contribution < -0.4 is 0 Å². The molecule has 2 rings (SSSR count). The van der Waals surface area contributed by atoms with E-state index in [1.807, 2.05) is 12.1 Å². The molecule has 0 atom stereocenters. The maximum absolute atomic E-state index is 5.87. The van der Waals surface area contributed by atoms with Gasteiger partial charge in [0, 0.05) is 18.0 Å². The van der Waals surface area contributed by atoms with E-state index in [2.05, 4.69) is 15.0 Å². The second-order valence-corrected chi connectivity index (χ2v) is 3.71. The topological polar surface area (TPSA) is 38.7 Å². The molecule has 0 saturated heterocycles. The van der Waals surface area contributed by atoms with Crippen molar-refractivity contribution < 1.29 is 0 Å². The number of nitrogens with zero attached hydrogens (tertiary/aromatic N) is 3. The van der Waals surface area contributed by atoms with Crippen LogP contribution in [0.5, 0.6) is 0 Å². The van der Waals surface area contributed by atoms with E-state index in [0.29, 0.717) is 16.5 Å². The summed E-state index contributed by atoms with van der Waals surface area (Å²) >= 11 is 11.7. The van der Waals surface area contributed by atoms with Crippen molar-refractivity contribution in [2.45, 2.75) is 6.92 Å². The van der Waals surface area contributed by atoms with Gasteiger partial charge in [-0.15, -0.1) is 0 Å². The van der Waals surface area contributed by atoms with Crippen LogP contribution >= 0.6 is 23.2 Å². The van der Waals surface area contributed by atoms with Crippen molar-refractivity contribution in [3.05, 3.63) is 40.4 Å². The molecule has 0 saturated carbocycles. The van der Waals surface area contributed by atoms with Gasteiger partial charge in [-0.05, 0) is 19.1 Å². The number of hydrogen-bond donors (Lipinski definition) is 0. The molecule has 2 aromatic heterocycles. The molecule has 0 bridgehead atoms. The zero-order valence-electron chi connectivity index (χ0n) is 7.91. The highest BCUT2D eigenvalue weighted by Crippen LogP contribution is 2.25. The van der Waals surface area contributed by atoms with Crippen molar-refractivity contribution in [2.75, 3.05) is 0 Å². The Labute approximate surface area is 97.1 Å². The lowest BCUT2D eigenvalue weighted by Gasteiger charge is -2.03. The zero-order valence-corrected chi connectivity index (χ0v) is 9.42. The molecule has 76 valence electrons. The Morgan fingerprint density at radius 3 is 2.33 bits per heavy atom. The van der Waals surface area contributed by atoms with Gasteiger partial charge in [-0.3, -0.25) is 4.98 Å². The van der Waals surface area contributed by atoms with Gasteiger partial charge in [-0.2, -0.15) is 0 Å². The number of halogens is 2. The fourth-order valence-corrected chi connectivity index (χ4v) is 1.46. The van der Waals surface area contributed by atoms with Crippen LogP contribution in [-0.2, 0) is 0 Å². The second kappa shape index (κ2) is 4.13. The largest absolute Gasteiger partial charge is 0.265 e. The lowest BCUT2D eigenvalue weighted by atomic mass is 10.2. The summed E-state index contributed by atoms with van der Waals surface area (Å²) in [5.74, 6) is 0.560. The molecule has 5 heteroatoms. The molecule has 0 unspecified atom stereocenters. The van der Waals surface area contributed by atoms with Crippen LogP contribution in [0.2, 0.25) is 10.2 Å². The quantitative estimate of drug-likeness (QED) is 0.718. The third-order valence-corrected chi connectivity index (χ3v) is 2.74. The Morgan fingerprint density at radius 1 is 1.07 bits per heavy atom. The fourth-order valence-electron chi connectivity index (χ4n) is 1.15. The van der Waals surface area contributed by atoms with Crippen LogP contribution in [0.1, 0.15) is 5.69 Å². The van der Waals surface area contributed by atoms with Crippen molar-refractivity contribution in [1.82, 2.24) is 15.0 Å². The molecule has 0 aliphatic rings. The summed E-state index contributed by atoms with van der Waals surface area (Å²) < 4.78 is 0. The average molecular weight is 240 g/mol. The minimum Gasteiger partial charge on any atom is -0.265 e. The summed E-state index contributed by atoms with van der Waals surface area (Å²) in [7, 11) is 0. The molecule has 0 spiro atoms. The first kappa shape index (κ1) is 10.3. The van der Waals surface area contributed by atoms with Gasteiger partial charge in [0.1, 0.15) is 0 Å². The number of pyridine rings is 1. The van der Waals surface area contributed by atoms with E-state index in [0.717, 1.165) is 5.56 Å². The van der Waals surface area contributed by atoms with Gasteiger partial charge in [0.05, 0.1) is 10.7 Å². The molecule has 3 nitrogen and oxygen atoms in total. The molecule has 2 aromatic rings. The number of aromatic nitrogens is 3. The van der Waals surface area contributed by atoms with E-state index < -0.39 is 0 Å². The summed E-state index contributed by atoms with van der Waals surface area (Å²) in [5.41, 5.74) is 1.54. The normalized spacial score (nSPS) is 10.3. The standard InChI is InChI=1S/C10H7Cl2N3/c1-6-8(11)9(12)15-10(14-6)7-2-4-13-5-3-7/h2-5H,1H3. The number of aryl methyl sites for hydroxylation is 1. The maximum Gasteiger partial charge on any atom is 0.161 e. The summed E-state index contributed by atoms with van der Waals surface area (Å²) in [6, 6.07) is 3.64. The third-order valence-electron chi connectivity index (χ3n) is 1.91. The average Bonchev–Trinajstić information content (AvgIpc) is 2.26. The van der Waals surface area contributed by atoms with E-state index >= 15 is 0 Å². The first-order valence-corrected chi connectivity index (χ1v) is 5.04. The minimum absolute atomic E-state index is 0.274. The van der Waals surface area contributed by atoms with E-state index in [-0.39, 0.29) is 5.15 Å². The van der Waals surface area contributed by atoms with Crippen LogP contribution in [-0.4, -0.2) is 15.0 Å². The SMILES string of the molecule is Cc1nc(-c2ccncc2)nc(Cl)c1Cl. The highest BCUT2D eigenvalue weighted by Gasteiger charge is 2.08. The highest BCUT2D eigenvalue weighted by atomic mass is 35.5. The van der Waals surface area contributed by atoms with E-state index in [4.69, 9.17) is 23.2 Å². The predicted molar refractivity (Wildman–Crippen MR) is 60.0 cm³/mol. The Kier molecular flexibility index (Phi) is 2.84. The molecule has 15 heavy (non-hydrogen) atoms. The van der Waals surface area contributed by atoms with Gasteiger partial charge in [0.25, 0.3) is 0 Å². The monoisotopic (exact) mass is 239 g/mol. The third kappa shape index (κ3) is 2.08. The first-order chi connectivity index (χ1) is 7.18. The molecule has 0 aliphatic heterocycles. The molecule has 0 radical (unpaired) electrons. The van der Waals surface area contributed by atoms with Gasteiger partial charge >= 0.3 is 0 Å².